The fourth-order valence-electron chi connectivity index (χ4n) is 1.11. The Bertz CT molecular complexity index is 412. The normalized spacial score (nSPS) is 9.40. The van der Waals surface area contributed by atoms with E-state index in [-0.39, 0.29) is 23.1 Å². The van der Waals surface area contributed by atoms with Gasteiger partial charge in [-0.15, -0.1) is 0 Å². The summed E-state index contributed by atoms with van der Waals surface area (Å²) in [5, 5.41) is 8.93. The number of nitrogens with zero attached hydrogens (tertiary/aromatic N) is 2. The zero-order chi connectivity index (χ0) is 11.3. The van der Waals surface area contributed by atoms with E-state index >= 15 is 0 Å². The van der Waals surface area contributed by atoms with Crippen molar-refractivity contribution in [1.82, 2.24) is 4.98 Å². The summed E-state index contributed by atoms with van der Waals surface area (Å²) in [7, 11) is 0. The average molecular weight is 225 g/mol. The second-order valence-electron chi connectivity index (χ2n) is 2.73. The van der Waals surface area contributed by atoms with Crippen molar-refractivity contribution in [1.29, 1.82) is 5.26 Å². The van der Waals surface area contributed by atoms with Gasteiger partial charge in [0.05, 0.1) is 18.6 Å². The zero-order valence-electron chi connectivity index (χ0n) is 8.16. The largest absolute Gasteiger partial charge is 0.466 e. The van der Waals surface area contributed by atoms with Gasteiger partial charge in [-0.1, -0.05) is 11.6 Å². The Morgan fingerprint density at radius 3 is 3.07 bits per heavy atom. The predicted octanol–water partition coefficient (Wildman–Crippen LogP) is 1.71. The van der Waals surface area contributed by atoms with E-state index in [2.05, 4.69) is 4.98 Å². The molecule has 1 heterocycles. The Balaban J connectivity index is 2.91. The van der Waals surface area contributed by atoms with Crippen molar-refractivity contribution >= 4 is 17.6 Å². The van der Waals surface area contributed by atoms with Crippen LogP contribution >= 0.6 is 11.6 Å². The summed E-state index contributed by atoms with van der Waals surface area (Å²) in [5.41, 5.74) is 0.767. The van der Waals surface area contributed by atoms with Gasteiger partial charge in [0.15, 0.2) is 0 Å². The van der Waals surface area contributed by atoms with Gasteiger partial charge in [-0.3, -0.25) is 4.79 Å². The van der Waals surface area contributed by atoms with Crippen LogP contribution in [0.5, 0.6) is 0 Å². The molecule has 5 heteroatoms. The highest BCUT2D eigenvalue weighted by Crippen LogP contribution is 2.16. The van der Waals surface area contributed by atoms with Crippen LogP contribution in [-0.2, 0) is 16.0 Å². The Kier molecular flexibility index (Phi) is 4.07. The first kappa shape index (κ1) is 11.5. The van der Waals surface area contributed by atoms with Crippen LogP contribution in [0.1, 0.15) is 18.1 Å². The van der Waals surface area contributed by atoms with E-state index in [1.165, 1.54) is 6.20 Å². The molecular formula is C10H9ClN2O2. The highest BCUT2D eigenvalue weighted by Gasteiger charge is 2.11. The number of aromatic nitrogens is 1. The van der Waals surface area contributed by atoms with Gasteiger partial charge in [0.2, 0.25) is 0 Å². The van der Waals surface area contributed by atoms with Crippen LogP contribution in [0.2, 0.25) is 5.15 Å². The molecule has 0 fully saturated rings. The van der Waals surface area contributed by atoms with Gasteiger partial charge in [-0.25, -0.2) is 4.98 Å². The molecule has 0 aromatic carbocycles. The Morgan fingerprint density at radius 1 is 1.73 bits per heavy atom. The average Bonchev–Trinajstić information content (AvgIpc) is 2.18. The van der Waals surface area contributed by atoms with Gasteiger partial charge in [-0.05, 0) is 18.6 Å². The molecule has 0 radical (unpaired) electrons. The SMILES string of the molecule is CCOC(=O)Cc1ccnc(Cl)c1C#N. The molecule has 0 N–H and O–H groups in total. The van der Waals surface area contributed by atoms with Gasteiger partial charge in [0.25, 0.3) is 0 Å². The molecular weight excluding hydrogens is 216 g/mol. The number of ether oxygens (including phenoxy) is 1. The molecule has 0 aliphatic heterocycles. The maximum Gasteiger partial charge on any atom is 0.310 e. The van der Waals surface area contributed by atoms with Crippen LogP contribution in [0.3, 0.4) is 0 Å². The van der Waals surface area contributed by atoms with E-state index in [1.54, 1.807) is 13.0 Å². The lowest BCUT2D eigenvalue weighted by Crippen LogP contribution is -2.09. The third-order valence-electron chi connectivity index (χ3n) is 1.74. The topological polar surface area (TPSA) is 63.0 Å². The highest BCUT2D eigenvalue weighted by atomic mass is 35.5. The monoisotopic (exact) mass is 224 g/mol. The lowest BCUT2D eigenvalue weighted by Gasteiger charge is -2.04. The van der Waals surface area contributed by atoms with Gasteiger partial charge in [0, 0.05) is 6.20 Å². The molecule has 0 amide bonds. The molecule has 0 unspecified atom stereocenters. The van der Waals surface area contributed by atoms with Gasteiger partial charge in [0.1, 0.15) is 11.2 Å². The third kappa shape index (κ3) is 2.93. The molecule has 1 rings (SSSR count). The van der Waals surface area contributed by atoms with Crippen molar-refractivity contribution in [3.05, 3.63) is 28.5 Å². The molecule has 0 aliphatic rings. The predicted molar refractivity (Wildman–Crippen MR) is 54.3 cm³/mol. The molecule has 4 nitrogen and oxygen atoms in total. The number of hydrogen-bond acceptors (Lipinski definition) is 4. The van der Waals surface area contributed by atoms with E-state index < -0.39 is 0 Å². The second kappa shape index (κ2) is 5.32. The van der Waals surface area contributed by atoms with Crippen LogP contribution in [-0.4, -0.2) is 17.6 Å². The molecule has 78 valence electrons. The molecule has 0 atom stereocenters. The lowest BCUT2D eigenvalue weighted by molar-refractivity contribution is -0.142. The van der Waals surface area contributed by atoms with Crippen molar-refractivity contribution in [2.75, 3.05) is 6.61 Å². The van der Waals surface area contributed by atoms with Crippen molar-refractivity contribution in [3.8, 4) is 6.07 Å². The van der Waals surface area contributed by atoms with Crippen LogP contribution in [0.25, 0.3) is 0 Å². The minimum Gasteiger partial charge on any atom is -0.466 e. The summed E-state index contributed by atoms with van der Waals surface area (Å²) < 4.78 is 4.77. The van der Waals surface area contributed by atoms with E-state index in [0.717, 1.165) is 0 Å². The zero-order valence-corrected chi connectivity index (χ0v) is 8.91. The number of carbonyl (C=O) groups is 1. The number of pyridine rings is 1. The van der Waals surface area contributed by atoms with Gasteiger partial charge in [-0.2, -0.15) is 5.26 Å². The molecule has 0 bridgehead atoms. The Morgan fingerprint density at radius 2 is 2.47 bits per heavy atom. The van der Waals surface area contributed by atoms with E-state index in [1.807, 2.05) is 6.07 Å². The molecule has 15 heavy (non-hydrogen) atoms. The molecule has 0 saturated carbocycles. The third-order valence-corrected chi connectivity index (χ3v) is 2.03. The number of halogens is 1. The van der Waals surface area contributed by atoms with Gasteiger partial charge < -0.3 is 4.74 Å². The quantitative estimate of drug-likeness (QED) is 0.579. The van der Waals surface area contributed by atoms with Crippen LogP contribution in [0, 0.1) is 11.3 Å². The van der Waals surface area contributed by atoms with E-state index in [0.29, 0.717) is 12.2 Å². The summed E-state index contributed by atoms with van der Waals surface area (Å²) in [4.78, 5) is 15.0. The van der Waals surface area contributed by atoms with Gasteiger partial charge >= 0.3 is 5.97 Å². The second-order valence-corrected chi connectivity index (χ2v) is 3.09. The van der Waals surface area contributed by atoms with Crippen LogP contribution < -0.4 is 0 Å². The summed E-state index contributed by atoms with van der Waals surface area (Å²) >= 11 is 5.70. The smallest absolute Gasteiger partial charge is 0.310 e. The standard InChI is InChI=1S/C10H9ClN2O2/c1-2-15-9(14)5-7-3-4-13-10(11)8(7)6-12/h3-4H,2,5H2,1H3. The Labute approximate surface area is 92.4 Å². The van der Waals surface area contributed by atoms with Crippen LogP contribution in [0.15, 0.2) is 12.3 Å². The number of rotatable bonds is 3. The molecule has 1 aromatic rings. The van der Waals surface area contributed by atoms with Crippen molar-refractivity contribution in [2.45, 2.75) is 13.3 Å². The van der Waals surface area contributed by atoms with E-state index in [9.17, 15) is 4.79 Å². The summed E-state index contributed by atoms with van der Waals surface area (Å²) in [6, 6.07) is 3.49. The minimum absolute atomic E-state index is 0.0406. The summed E-state index contributed by atoms with van der Waals surface area (Å²) in [6.07, 6.45) is 1.50. The Hall–Kier alpha value is -1.60. The van der Waals surface area contributed by atoms with Crippen LogP contribution in [0.4, 0.5) is 0 Å². The molecule has 0 aliphatic carbocycles. The van der Waals surface area contributed by atoms with Crippen molar-refractivity contribution < 1.29 is 9.53 Å². The van der Waals surface area contributed by atoms with E-state index in [4.69, 9.17) is 21.6 Å². The number of esters is 1. The molecule has 0 spiro atoms. The fraction of sp³-hybridized carbons (Fsp3) is 0.300. The molecule has 0 saturated heterocycles. The maximum atomic E-state index is 11.2. The summed E-state index contributed by atoms with van der Waals surface area (Å²) in [5.74, 6) is -0.378. The first-order valence-electron chi connectivity index (χ1n) is 4.38. The fourth-order valence-corrected chi connectivity index (χ4v) is 1.33. The minimum atomic E-state index is -0.378. The maximum absolute atomic E-state index is 11.2. The number of carbonyl (C=O) groups excluding carboxylic acids is 1. The van der Waals surface area contributed by atoms with Crippen molar-refractivity contribution in [2.24, 2.45) is 0 Å². The first-order chi connectivity index (χ1) is 7.19. The number of hydrogen-bond donors (Lipinski definition) is 0. The summed E-state index contributed by atoms with van der Waals surface area (Å²) in [6.45, 7) is 2.04. The first-order valence-corrected chi connectivity index (χ1v) is 4.76. The van der Waals surface area contributed by atoms with Crippen molar-refractivity contribution in [3.63, 3.8) is 0 Å². The number of nitriles is 1. The molecule has 1 aromatic heterocycles. The highest BCUT2D eigenvalue weighted by molar-refractivity contribution is 6.30. The lowest BCUT2D eigenvalue weighted by atomic mass is 10.1.